The van der Waals surface area contributed by atoms with Gasteiger partial charge in [0.05, 0.1) is 180 Å². The molecule has 4 fully saturated rings. The summed E-state index contributed by atoms with van der Waals surface area (Å²) in [5.41, 5.74) is 4.29. The molecular formula is C92H72Br5Cl7F26N8O12. The summed E-state index contributed by atoms with van der Waals surface area (Å²) >= 11 is 54.2. The van der Waals surface area contributed by atoms with E-state index in [1.807, 2.05) is 0 Å². The lowest BCUT2D eigenvalue weighted by Gasteiger charge is -2.32. The number of carbonyl (C=O) groups excluding carboxylic acids is 2. The van der Waals surface area contributed by atoms with Crippen molar-refractivity contribution in [1.29, 1.82) is 5.26 Å². The minimum atomic E-state index is -4.65. The van der Waals surface area contributed by atoms with E-state index < -0.39 is 153 Å². The minimum Gasteiger partial charge on any atom is -0.497 e. The quantitative estimate of drug-likeness (QED) is 0.0216. The molecule has 9 aromatic carbocycles. The van der Waals surface area contributed by atoms with Gasteiger partial charge in [0.25, 0.3) is 0 Å². The first kappa shape index (κ1) is 128. The van der Waals surface area contributed by atoms with Crippen molar-refractivity contribution in [3.63, 3.8) is 0 Å². The van der Waals surface area contributed by atoms with Crippen molar-refractivity contribution in [2.45, 2.75) is 69.1 Å². The number of carboxylic acids is 1. The van der Waals surface area contributed by atoms with Crippen molar-refractivity contribution in [3.05, 3.63) is 281 Å². The van der Waals surface area contributed by atoms with Crippen LogP contribution in [0.1, 0.15) is 71.7 Å². The number of alkyl halides is 21. The van der Waals surface area contributed by atoms with Gasteiger partial charge in [0.15, 0.2) is 11.4 Å². The van der Waals surface area contributed by atoms with E-state index in [1.54, 1.807) is 45.0 Å². The maximum absolute atomic E-state index is 13.8. The van der Waals surface area contributed by atoms with Crippen molar-refractivity contribution >= 4 is 213 Å². The summed E-state index contributed by atoms with van der Waals surface area (Å²) in [7, 11) is 2.63. The molecule has 0 radical (unpaired) electrons. The van der Waals surface area contributed by atoms with Crippen LogP contribution in [-0.4, -0.2) is 147 Å². The van der Waals surface area contributed by atoms with Crippen LogP contribution < -0.4 is 45.3 Å². The highest BCUT2D eigenvalue weighted by atomic mass is 79.9. The molecule has 20 nitrogen and oxygen atoms in total. The highest BCUT2D eigenvalue weighted by Crippen LogP contribution is 2.50. The highest BCUT2D eigenvalue weighted by molar-refractivity contribution is 9.11. The van der Waals surface area contributed by atoms with Crippen molar-refractivity contribution in [2.24, 2.45) is 0 Å². The van der Waals surface area contributed by atoms with Gasteiger partial charge in [-0.15, -0.1) is 0 Å². The lowest BCUT2D eigenvalue weighted by atomic mass is 10.0. The van der Waals surface area contributed by atoms with E-state index in [9.17, 15) is 129 Å². The largest absolute Gasteiger partial charge is 0.497 e. The predicted molar refractivity (Wildman–Crippen MR) is 524 cm³/mol. The number of nitrogens with zero attached hydrogens (tertiary/aromatic N) is 6. The van der Waals surface area contributed by atoms with Crippen molar-refractivity contribution < 1.29 is 172 Å². The smallest absolute Gasteiger partial charge is 0.419 e. The fourth-order valence-corrected chi connectivity index (χ4v) is 19.6. The number of aliphatic carboxylic acids is 1. The van der Waals surface area contributed by atoms with E-state index in [4.69, 9.17) is 131 Å². The molecule has 4 saturated heterocycles. The van der Waals surface area contributed by atoms with Crippen molar-refractivity contribution in [1.82, 2.24) is 4.98 Å². The van der Waals surface area contributed by atoms with Crippen LogP contribution in [0.5, 0.6) is 17.2 Å². The van der Waals surface area contributed by atoms with Crippen LogP contribution in [-0.2, 0) is 102 Å². The van der Waals surface area contributed by atoms with Gasteiger partial charge in [0, 0.05) is 102 Å². The number of anilines is 6. The molecule has 150 heavy (non-hydrogen) atoms. The van der Waals surface area contributed by atoms with Gasteiger partial charge in [-0.25, -0.2) is 22.9 Å². The number of rotatable bonds is 15. The molecule has 5 heterocycles. The van der Waals surface area contributed by atoms with Gasteiger partial charge in [0.2, 0.25) is 34.8 Å². The molecule has 818 valence electrons. The lowest BCUT2D eigenvalue weighted by Crippen LogP contribution is -2.37. The Morgan fingerprint density at radius 3 is 1.15 bits per heavy atom. The number of nitriles is 1. The molecule has 4 aliphatic rings. The molecule has 14 rings (SSSR count). The summed E-state index contributed by atoms with van der Waals surface area (Å²) < 4.78 is 377. The summed E-state index contributed by atoms with van der Waals surface area (Å²) in [4.78, 5) is 44.5. The third-order valence-corrected chi connectivity index (χ3v) is 25.3. The SMILES string of the molecule is COC(=O)Cc1cc(Cl)cc(N2CCOCC2)c1C(F)(F)F.COc1ccc(COc2cccnc2C(=O)Oc2c(F)c(F)c(F)c(F)c2F)cc1.FC(F)(F)c1c(Br)cc(Cl)cc1Br.FC(F)(F)c1c(Br)cc(Cl)cc1N1CCOCC1.N#CCc1cc(Cl)cc(N2CCOCC2)c1C(F)(F)F.Nc1c(Cl)cc(Br)c(C(F)(F)F)c1Br.Nc1cc(C(F)(F)F)ccc1Cl.O=C(O)Cc1cc(Cl)cc(N2CCOCC2)c1C(F)(F)F. The van der Waals surface area contributed by atoms with Gasteiger partial charge in [-0.1, -0.05) is 157 Å². The Morgan fingerprint density at radius 2 is 0.787 bits per heavy atom. The Morgan fingerprint density at radius 1 is 0.433 bits per heavy atom. The average Bonchev–Trinajstić information content (AvgIpc) is 0.782. The number of nitrogen functional groups attached to an aromatic ring is 2. The molecule has 0 aliphatic carbocycles. The van der Waals surface area contributed by atoms with Gasteiger partial charge >= 0.3 is 61.1 Å². The molecule has 0 amide bonds. The number of esters is 2. The molecule has 0 unspecified atom stereocenters. The van der Waals surface area contributed by atoms with Crippen LogP contribution in [0.15, 0.2) is 150 Å². The number of hydrogen-bond acceptors (Lipinski definition) is 19. The Balaban J connectivity index is 0.000000235. The minimum absolute atomic E-state index is 0.0154. The Hall–Kier alpha value is -9.12. The zero-order valence-electron chi connectivity index (χ0n) is 75.9. The summed E-state index contributed by atoms with van der Waals surface area (Å²) in [6.07, 6.45) is -31.8. The number of ether oxygens (including phenoxy) is 8. The Labute approximate surface area is 911 Å². The normalized spacial score (nSPS) is 13.9. The first-order chi connectivity index (χ1) is 69.7. The molecule has 0 bridgehead atoms. The molecule has 0 atom stereocenters. The zero-order chi connectivity index (χ0) is 113. The van der Waals surface area contributed by atoms with Gasteiger partial charge in [-0.3, -0.25) is 9.59 Å². The van der Waals surface area contributed by atoms with E-state index in [1.165, 1.54) is 72.7 Å². The van der Waals surface area contributed by atoms with Crippen LogP contribution in [0, 0.1) is 40.4 Å². The maximum Gasteiger partial charge on any atom is 0.419 e. The second-order valence-electron chi connectivity index (χ2n) is 30.4. The average molecular weight is 2620 g/mol. The second kappa shape index (κ2) is 56.3. The maximum atomic E-state index is 13.8. The van der Waals surface area contributed by atoms with Crippen LogP contribution >= 0.6 is 161 Å². The molecule has 1 aromatic heterocycles. The third-order valence-electron chi connectivity index (χ3n) is 20.2. The number of pyridine rings is 1. The first-order valence-corrected chi connectivity index (χ1v) is 48.4. The first-order valence-electron chi connectivity index (χ1n) is 41.7. The van der Waals surface area contributed by atoms with E-state index in [-0.39, 0.29) is 127 Å². The predicted octanol–water partition coefficient (Wildman–Crippen LogP) is 29.8. The van der Waals surface area contributed by atoms with Crippen LogP contribution in [0.25, 0.3) is 0 Å². The van der Waals surface area contributed by atoms with Gasteiger partial charge in [0.1, 0.15) is 12.4 Å². The Bertz CT molecular complexity index is 6350. The highest BCUT2D eigenvalue weighted by Gasteiger charge is 2.45. The number of aromatic nitrogens is 1. The van der Waals surface area contributed by atoms with Crippen molar-refractivity contribution in [2.75, 3.05) is 150 Å². The third kappa shape index (κ3) is 37.1. The summed E-state index contributed by atoms with van der Waals surface area (Å²) in [5.74, 6) is -16.2. The molecule has 0 spiro atoms. The van der Waals surface area contributed by atoms with E-state index in [2.05, 4.69) is 94.1 Å². The number of hydrogen-bond donors (Lipinski definition) is 3. The number of halogens is 38. The molecule has 58 heteroatoms. The van der Waals surface area contributed by atoms with Crippen LogP contribution in [0.2, 0.25) is 35.2 Å². The van der Waals surface area contributed by atoms with E-state index >= 15 is 0 Å². The summed E-state index contributed by atoms with van der Waals surface area (Å²) in [5, 5.41) is 18.7. The van der Waals surface area contributed by atoms with Crippen LogP contribution in [0.3, 0.4) is 0 Å². The zero-order valence-corrected chi connectivity index (χ0v) is 89.1. The number of carboxylic acid groups (broad SMARTS) is 1. The molecule has 5 N–H and O–H groups in total. The lowest BCUT2D eigenvalue weighted by molar-refractivity contribution is -0.142. The number of carbonyl (C=O) groups is 3. The fraction of sp³-hybridized carbons (Fsp3) is 0.315. The van der Waals surface area contributed by atoms with Gasteiger partial charge in [-0.2, -0.15) is 106 Å². The molecule has 4 aliphatic heterocycles. The number of benzene rings is 9. The van der Waals surface area contributed by atoms with Gasteiger partial charge < -0.3 is 74.1 Å². The van der Waals surface area contributed by atoms with Crippen LogP contribution in [0.4, 0.5) is 148 Å². The van der Waals surface area contributed by atoms with Gasteiger partial charge in [-0.05, 0) is 147 Å². The standard InChI is InChI=1S/C20H12F5NO4.C14H15ClF3NO3.C13H12ClF3N2O.C13H13ClF3NO3.C11H10BrClF3NO.C7H3Br2ClF3N.C7H2Br2ClF3.C7H5ClF3N/c1-28-11-6-4-10(5-7-11)9-29-12-3-2-8-26-18(12)20(27)30-19-16(24)14(22)13(21)15(23)17(19)25;1-21-12(20)7-9-6-10(15)8-11(13(9)14(16,17)18)19-2-4-22-5-3-19;14-10-7-9(1-2-18)12(13(15,16)17)11(8-10)19-3-5-20-6-4-19;14-9-5-8(6-11(19)20)12(13(15,16)17)10(7-9)18-1-3-21-4-2-18;12-8-5-7(13)6-9(10(8)11(14,15)16)17-1-3-18-4-2-17;8-2-1-3(10)6(14)5(9)4(2)7(11,12)13;8-4-1-3(10)2-5(9)6(4)7(11,12)13;8-5-2-1-4(3-6(5)12)7(9,10)11/h2-8H,9H2,1H3;6,8H,2-5,7H2,1H3;7-8H,1,3-6H2;5,7H,1-4,6H2,(H,19,20);5-6H,1-4H2;1H,14H2;1-2H;1-3H,12H2. The number of methoxy groups -OCH3 is 2. The molecule has 10 aromatic rings. The topological polar surface area (TPSA) is 247 Å². The number of morpholine rings is 4. The summed E-state index contributed by atoms with van der Waals surface area (Å²) in [6.45, 7) is 5.75. The van der Waals surface area contributed by atoms with E-state index in [0.29, 0.717) is 117 Å². The monoisotopic (exact) mass is 2610 g/mol. The second-order valence-corrected chi connectivity index (χ2v) is 37.6. The van der Waals surface area contributed by atoms with Crippen molar-refractivity contribution in [3.8, 4) is 23.3 Å². The number of nitrogens with two attached hydrogens (primary N) is 2. The fourth-order valence-electron chi connectivity index (χ4n) is 13.6. The van der Waals surface area contributed by atoms with E-state index in [0.717, 1.165) is 49.7 Å². The molecule has 0 saturated carbocycles. The molecular weight excluding hydrogens is 2550 g/mol. The summed E-state index contributed by atoms with van der Waals surface area (Å²) in [6, 6.07) is 27.4. The Kier molecular flexibility index (Phi) is 48.0.